The molecular formula is C19H23N3O3. The zero-order valence-electron chi connectivity index (χ0n) is 14.2. The summed E-state index contributed by atoms with van der Waals surface area (Å²) in [5.41, 5.74) is 7.16. The lowest BCUT2D eigenvalue weighted by molar-refractivity contribution is -0.121. The van der Waals surface area contributed by atoms with E-state index in [0.29, 0.717) is 6.54 Å². The van der Waals surface area contributed by atoms with Crippen LogP contribution in [0.3, 0.4) is 0 Å². The summed E-state index contributed by atoms with van der Waals surface area (Å²) in [7, 11) is 1.62. The average Bonchev–Trinajstić information content (AvgIpc) is 2.62. The highest BCUT2D eigenvalue weighted by Crippen LogP contribution is 2.16. The number of nitrogens with one attached hydrogen (secondary N) is 2. The van der Waals surface area contributed by atoms with E-state index in [0.717, 1.165) is 23.3 Å². The van der Waals surface area contributed by atoms with E-state index in [1.165, 1.54) is 0 Å². The number of carbonyl (C=O) groups excluding carboxylic acids is 2. The third-order valence-electron chi connectivity index (χ3n) is 3.80. The lowest BCUT2D eigenvalue weighted by Gasteiger charge is -2.17. The molecule has 0 spiro atoms. The maximum atomic E-state index is 12.2. The summed E-state index contributed by atoms with van der Waals surface area (Å²) in [6, 6.07) is 15.9. The smallest absolute Gasteiger partial charge is 0.312 e. The van der Waals surface area contributed by atoms with Crippen LogP contribution in [0.1, 0.15) is 23.6 Å². The van der Waals surface area contributed by atoms with E-state index in [4.69, 9.17) is 10.5 Å². The second-order valence-corrected chi connectivity index (χ2v) is 5.62. The number of amides is 3. The van der Waals surface area contributed by atoms with Gasteiger partial charge in [-0.3, -0.25) is 4.79 Å². The molecule has 0 aliphatic rings. The van der Waals surface area contributed by atoms with E-state index < -0.39 is 12.1 Å². The SMILES string of the molecule is COc1ccc(CCNC(=O)CC(NC(N)=O)c2ccccc2)cc1. The van der Waals surface area contributed by atoms with Crippen molar-refractivity contribution in [2.75, 3.05) is 13.7 Å². The number of hydrogen-bond acceptors (Lipinski definition) is 3. The first-order valence-electron chi connectivity index (χ1n) is 8.09. The summed E-state index contributed by atoms with van der Waals surface area (Å²) in [5.74, 6) is 0.659. The van der Waals surface area contributed by atoms with E-state index in [9.17, 15) is 9.59 Å². The Morgan fingerprint density at radius 1 is 1.08 bits per heavy atom. The van der Waals surface area contributed by atoms with Crippen molar-refractivity contribution >= 4 is 11.9 Å². The first-order valence-corrected chi connectivity index (χ1v) is 8.09. The van der Waals surface area contributed by atoms with Gasteiger partial charge in [-0.05, 0) is 29.7 Å². The Labute approximate surface area is 147 Å². The third-order valence-corrected chi connectivity index (χ3v) is 3.80. The molecule has 0 aliphatic heterocycles. The minimum atomic E-state index is -0.653. The van der Waals surface area contributed by atoms with Crippen molar-refractivity contribution in [2.45, 2.75) is 18.9 Å². The molecule has 0 bridgehead atoms. The van der Waals surface area contributed by atoms with Crippen molar-refractivity contribution in [1.29, 1.82) is 0 Å². The Hall–Kier alpha value is -3.02. The molecule has 2 rings (SSSR count). The van der Waals surface area contributed by atoms with Crippen molar-refractivity contribution in [3.8, 4) is 5.75 Å². The van der Waals surface area contributed by atoms with Crippen molar-refractivity contribution in [3.05, 3.63) is 65.7 Å². The van der Waals surface area contributed by atoms with Crippen molar-refractivity contribution in [1.82, 2.24) is 10.6 Å². The number of methoxy groups -OCH3 is 1. The molecule has 132 valence electrons. The summed E-state index contributed by atoms with van der Waals surface area (Å²) in [6.45, 7) is 0.517. The van der Waals surface area contributed by atoms with Gasteiger partial charge in [0.05, 0.1) is 19.6 Å². The van der Waals surface area contributed by atoms with Gasteiger partial charge in [0.2, 0.25) is 5.91 Å². The molecule has 0 saturated carbocycles. The van der Waals surface area contributed by atoms with Crippen LogP contribution in [-0.4, -0.2) is 25.6 Å². The highest BCUT2D eigenvalue weighted by atomic mass is 16.5. The van der Waals surface area contributed by atoms with Gasteiger partial charge in [-0.15, -0.1) is 0 Å². The van der Waals surface area contributed by atoms with Gasteiger partial charge < -0.3 is 21.1 Å². The number of hydrogen-bond donors (Lipinski definition) is 3. The van der Waals surface area contributed by atoms with Gasteiger partial charge in [0.25, 0.3) is 0 Å². The van der Waals surface area contributed by atoms with Crippen molar-refractivity contribution in [3.63, 3.8) is 0 Å². The zero-order chi connectivity index (χ0) is 18.1. The van der Waals surface area contributed by atoms with E-state index in [1.807, 2.05) is 54.6 Å². The van der Waals surface area contributed by atoms with E-state index in [2.05, 4.69) is 10.6 Å². The number of nitrogens with two attached hydrogens (primary N) is 1. The van der Waals surface area contributed by atoms with Gasteiger partial charge in [-0.1, -0.05) is 42.5 Å². The van der Waals surface area contributed by atoms with Crippen LogP contribution in [0.2, 0.25) is 0 Å². The van der Waals surface area contributed by atoms with Gasteiger partial charge in [0.1, 0.15) is 5.75 Å². The molecule has 2 aromatic carbocycles. The zero-order valence-corrected chi connectivity index (χ0v) is 14.2. The Bertz CT molecular complexity index is 687. The molecule has 0 fully saturated rings. The summed E-state index contributed by atoms with van der Waals surface area (Å²) in [5, 5.41) is 5.48. The molecule has 4 N–H and O–H groups in total. The van der Waals surface area contributed by atoms with Crippen LogP contribution in [0.15, 0.2) is 54.6 Å². The molecule has 2 aromatic rings. The Kier molecular flexibility index (Phi) is 6.83. The highest BCUT2D eigenvalue weighted by Gasteiger charge is 2.16. The standard InChI is InChI=1S/C19H23N3O3/c1-25-16-9-7-14(8-10-16)11-12-21-18(23)13-17(22-19(20)24)15-5-3-2-4-6-15/h2-10,17H,11-13H2,1H3,(H,21,23)(H3,20,22,24). The molecule has 0 aliphatic carbocycles. The first kappa shape index (κ1) is 18.3. The minimum Gasteiger partial charge on any atom is -0.497 e. The number of ether oxygens (including phenoxy) is 1. The number of benzene rings is 2. The summed E-state index contributed by atoms with van der Waals surface area (Å²) in [6.07, 6.45) is 0.852. The molecule has 0 saturated heterocycles. The maximum Gasteiger partial charge on any atom is 0.312 e. The largest absolute Gasteiger partial charge is 0.497 e. The van der Waals surface area contributed by atoms with E-state index in [1.54, 1.807) is 7.11 Å². The predicted octanol–water partition coefficient (Wildman–Crippen LogP) is 2.15. The fourth-order valence-electron chi connectivity index (χ4n) is 2.51. The Morgan fingerprint density at radius 3 is 2.36 bits per heavy atom. The summed E-state index contributed by atoms with van der Waals surface area (Å²) >= 11 is 0. The van der Waals surface area contributed by atoms with Crippen LogP contribution < -0.4 is 21.1 Å². The molecule has 6 heteroatoms. The van der Waals surface area contributed by atoms with E-state index in [-0.39, 0.29) is 12.3 Å². The third kappa shape index (κ3) is 6.18. The molecule has 1 unspecified atom stereocenters. The molecule has 0 radical (unpaired) electrons. The van der Waals surface area contributed by atoms with Crippen LogP contribution in [0.5, 0.6) is 5.75 Å². The van der Waals surface area contributed by atoms with Gasteiger partial charge in [-0.25, -0.2) is 4.79 Å². The van der Waals surface area contributed by atoms with Gasteiger partial charge in [0.15, 0.2) is 0 Å². The number of primary amides is 1. The molecule has 1 atom stereocenters. The maximum absolute atomic E-state index is 12.2. The molecular weight excluding hydrogens is 318 g/mol. The van der Waals surface area contributed by atoms with Crippen LogP contribution in [0, 0.1) is 0 Å². The van der Waals surface area contributed by atoms with Crippen LogP contribution >= 0.6 is 0 Å². The van der Waals surface area contributed by atoms with Crippen molar-refractivity contribution < 1.29 is 14.3 Å². The van der Waals surface area contributed by atoms with Gasteiger partial charge in [-0.2, -0.15) is 0 Å². The van der Waals surface area contributed by atoms with Gasteiger partial charge in [0, 0.05) is 6.54 Å². The molecule has 0 heterocycles. The van der Waals surface area contributed by atoms with Crippen LogP contribution in [0.4, 0.5) is 4.79 Å². The second kappa shape index (κ2) is 9.32. The molecule has 6 nitrogen and oxygen atoms in total. The van der Waals surface area contributed by atoms with Crippen LogP contribution in [0.25, 0.3) is 0 Å². The van der Waals surface area contributed by atoms with E-state index >= 15 is 0 Å². The number of urea groups is 1. The van der Waals surface area contributed by atoms with Crippen molar-refractivity contribution in [2.24, 2.45) is 5.73 Å². The normalized spacial score (nSPS) is 11.4. The minimum absolute atomic E-state index is 0.134. The highest BCUT2D eigenvalue weighted by molar-refractivity contribution is 5.78. The Balaban J connectivity index is 1.84. The lowest BCUT2D eigenvalue weighted by Crippen LogP contribution is -2.37. The topological polar surface area (TPSA) is 93.4 Å². The number of carbonyl (C=O) groups is 2. The quantitative estimate of drug-likeness (QED) is 0.687. The fourth-order valence-corrected chi connectivity index (χ4v) is 2.51. The molecule has 25 heavy (non-hydrogen) atoms. The molecule has 0 aromatic heterocycles. The fraction of sp³-hybridized carbons (Fsp3) is 0.263. The lowest BCUT2D eigenvalue weighted by atomic mass is 10.0. The average molecular weight is 341 g/mol. The monoisotopic (exact) mass is 341 g/mol. The Morgan fingerprint density at radius 2 is 1.76 bits per heavy atom. The summed E-state index contributed by atoms with van der Waals surface area (Å²) < 4.78 is 5.11. The number of rotatable bonds is 8. The first-order chi connectivity index (χ1) is 12.1. The van der Waals surface area contributed by atoms with Gasteiger partial charge >= 0.3 is 6.03 Å². The summed E-state index contributed by atoms with van der Waals surface area (Å²) in [4.78, 5) is 23.4. The predicted molar refractivity (Wildman–Crippen MR) is 96.2 cm³/mol. The van der Waals surface area contributed by atoms with Crippen LogP contribution in [-0.2, 0) is 11.2 Å². The molecule has 3 amide bonds. The second-order valence-electron chi connectivity index (χ2n) is 5.62.